The Bertz CT molecular complexity index is 704. The zero-order valence-electron chi connectivity index (χ0n) is 11.2. The molecule has 0 aliphatic rings. The molecule has 2 aromatic heterocycles. The number of H-pyrrole nitrogens is 2. The smallest absolute Gasteiger partial charge is 0.254 e. The molecule has 1 amide bonds. The van der Waals surface area contributed by atoms with E-state index in [9.17, 15) is 4.79 Å². The highest BCUT2D eigenvalue weighted by Crippen LogP contribution is 2.13. The number of carbonyl (C=O) groups is 1. The molecule has 0 aliphatic carbocycles. The number of hydrogen-bond acceptors (Lipinski definition) is 4. The molecule has 0 bridgehead atoms. The highest BCUT2D eigenvalue weighted by atomic mass is 16.1. The Morgan fingerprint density at radius 3 is 2.86 bits per heavy atom. The molecule has 7 heteroatoms. The molecule has 3 rings (SSSR count). The molecule has 7 nitrogen and oxygen atoms in total. The van der Waals surface area contributed by atoms with Gasteiger partial charge >= 0.3 is 0 Å². The third-order valence-corrected chi connectivity index (χ3v) is 2.97. The van der Waals surface area contributed by atoms with Gasteiger partial charge in [0.15, 0.2) is 5.82 Å². The molecule has 0 saturated carbocycles. The van der Waals surface area contributed by atoms with Gasteiger partial charge in [0.25, 0.3) is 5.91 Å². The fraction of sp³-hybridized carbons (Fsp3) is 0.143. The van der Waals surface area contributed by atoms with Crippen LogP contribution in [0.1, 0.15) is 16.2 Å². The molecule has 3 N–H and O–H groups in total. The summed E-state index contributed by atoms with van der Waals surface area (Å²) in [4.78, 5) is 16.1. The van der Waals surface area contributed by atoms with Crippen molar-refractivity contribution in [2.45, 2.75) is 6.42 Å². The van der Waals surface area contributed by atoms with Crippen LogP contribution in [-0.4, -0.2) is 37.8 Å². The van der Waals surface area contributed by atoms with Crippen LogP contribution in [0.15, 0.2) is 42.7 Å². The van der Waals surface area contributed by atoms with Gasteiger partial charge in [0.1, 0.15) is 5.82 Å². The van der Waals surface area contributed by atoms with Gasteiger partial charge in [-0.25, -0.2) is 4.98 Å². The highest BCUT2D eigenvalue weighted by molar-refractivity contribution is 5.93. The lowest BCUT2D eigenvalue weighted by atomic mass is 10.2. The third-order valence-electron chi connectivity index (χ3n) is 2.97. The second-order valence-corrected chi connectivity index (χ2v) is 4.46. The van der Waals surface area contributed by atoms with Crippen LogP contribution < -0.4 is 5.32 Å². The van der Waals surface area contributed by atoms with Crippen molar-refractivity contribution >= 4 is 5.91 Å². The number of rotatable bonds is 5. The molecule has 1 aromatic carbocycles. The minimum Gasteiger partial charge on any atom is -0.351 e. The van der Waals surface area contributed by atoms with E-state index in [-0.39, 0.29) is 5.91 Å². The molecule has 0 unspecified atom stereocenters. The van der Waals surface area contributed by atoms with Crippen molar-refractivity contribution in [1.29, 1.82) is 0 Å². The van der Waals surface area contributed by atoms with Gasteiger partial charge < -0.3 is 5.32 Å². The van der Waals surface area contributed by atoms with Crippen molar-refractivity contribution in [1.82, 2.24) is 30.7 Å². The van der Waals surface area contributed by atoms with E-state index in [1.165, 1.54) is 6.20 Å². The average Bonchev–Trinajstić information content (AvgIpc) is 3.20. The van der Waals surface area contributed by atoms with Gasteiger partial charge in [-0.3, -0.25) is 15.0 Å². The van der Waals surface area contributed by atoms with Crippen molar-refractivity contribution in [3.63, 3.8) is 0 Å². The Kier molecular flexibility index (Phi) is 3.72. The predicted octanol–water partition coefficient (Wildman–Crippen LogP) is 1.17. The fourth-order valence-electron chi connectivity index (χ4n) is 1.89. The van der Waals surface area contributed by atoms with Gasteiger partial charge in [0, 0.05) is 24.7 Å². The number of nitrogens with zero attached hydrogens (tertiary/aromatic N) is 3. The summed E-state index contributed by atoms with van der Waals surface area (Å²) in [5.41, 5.74) is 1.47. The third kappa shape index (κ3) is 3.14. The lowest BCUT2D eigenvalue weighted by Crippen LogP contribution is -2.25. The van der Waals surface area contributed by atoms with Crippen LogP contribution in [0.5, 0.6) is 0 Å². The van der Waals surface area contributed by atoms with Crippen molar-refractivity contribution in [2.24, 2.45) is 0 Å². The number of aromatic nitrogens is 5. The molecule has 0 saturated heterocycles. The number of hydrogen-bond donors (Lipinski definition) is 3. The van der Waals surface area contributed by atoms with Gasteiger partial charge in [-0.05, 0) is 0 Å². The topological polar surface area (TPSA) is 99.3 Å². The maximum Gasteiger partial charge on any atom is 0.254 e. The summed E-state index contributed by atoms with van der Waals surface area (Å²) < 4.78 is 0. The first-order valence-electron chi connectivity index (χ1n) is 6.56. The predicted molar refractivity (Wildman–Crippen MR) is 76.4 cm³/mol. The molecule has 21 heavy (non-hydrogen) atoms. The average molecular weight is 282 g/mol. The lowest BCUT2D eigenvalue weighted by molar-refractivity contribution is 0.0954. The minimum atomic E-state index is -0.161. The van der Waals surface area contributed by atoms with E-state index >= 15 is 0 Å². The number of nitrogens with one attached hydrogen (secondary N) is 3. The minimum absolute atomic E-state index is 0.161. The molecule has 0 spiro atoms. The first-order chi connectivity index (χ1) is 10.3. The number of amides is 1. The van der Waals surface area contributed by atoms with Gasteiger partial charge in [0.05, 0.1) is 11.8 Å². The summed E-state index contributed by atoms with van der Waals surface area (Å²) in [5, 5.41) is 16.2. The fourth-order valence-corrected chi connectivity index (χ4v) is 1.89. The van der Waals surface area contributed by atoms with E-state index in [1.54, 1.807) is 6.20 Å². The van der Waals surface area contributed by atoms with Crippen molar-refractivity contribution < 1.29 is 4.79 Å². The first kappa shape index (κ1) is 13.0. The van der Waals surface area contributed by atoms with Crippen LogP contribution in [0.3, 0.4) is 0 Å². The van der Waals surface area contributed by atoms with Crippen LogP contribution in [-0.2, 0) is 6.42 Å². The first-order valence-corrected chi connectivity index (χ1v) is 6.56. The van der Waals surface area contributed by atoms with Crippen LogP contribution in [0, 0.1) is 0 Å². The number of aromatic amines is 2. The molecule has 0 fully saturated rings. The van der Waals surface area contributed by atoms with Crippen molar-refractivity contribution in [3.05, 3.63) is 54.1 Å². The van der Waals surface area contributed by atoms with E-state index in [1.807, 2.05) is 30.3 Å². The van der Waals surface area contributed by atoms with Crippen molar-refractivity contribution in [2.75, 3.05) is 6.54 Å². The Morgan fingerprint density at radius 2 is 2.10 bits per heavy atom. The van der Waals surface area contributed by atoms with E-state index in [4.69, 9.17) is 0 Å². The van der Waals surface area contributed by atoms with Gasteiger partial charge in [-0.1, -0.05) is 30.3 Å². The van der Waals surface area contributed by atoms with E-state index in [0.29, 0.717) is 24.4 Å². The van der Waals surface area contributed by atoms with Gasteiger partial charge in [0.2, 0.25) is 0 Å². The molecule has 0 aliphatic heterocycles. The number of carbonyl (C=O) groups excluding carboxylic acids is 1. The second-order valence-electron chi connectivity index (χ2n) is 4.46. The van der Waals surface area contributed by atoms with Crippen molar-refractivity contribution in [3.8, 4) is 11.4 Å². The van der Waals surface area contributed by atoms with Gasteiger partial charge in [-0.2, -0.15) is 10.2 Å². The maximum atomic E-state index is 11.7. The number of benzene rings is 1. The van der Waals surface area contributed by atoms with E-state index in [2.05, 4.69) is 30.7 Å². The summed E-state index contributed by atoms with van der Waals surface area (Å²) in [5.74, 6) is 1.24. The SMILES string of the molecule is O=C(NCCc1nc(-c2ccccc2)n[nH]1)c1cn[nH]c1. The van der Waals surface area contributed by atoms with Crippen LogP contribution in [0.4, 0.5) is 0 Å². The van der Waals surface area contributed by atoms with Gasteiger partial charge in [-0.15, -0.1) is 0 Å². The maximum absolute atomic E-state index is 11.7. The molecule has 106 valence electrons. The monoisotopic (exact) mass is 282 g/mol. The molecule has 0 atom stereocenters. The molecular weight excluding hydrogens is 268 g/mol. The summed E-state index contributed by atoms with van der Waals surface area (Å²) in [7, 11) is 0. The Balaban J connectivity index is 1.55. The molecule has 0 radical (unpaired) electrons. The normalized spacial score (nSPS) is 10.5. The van der Waals surface area contributed by atoms with Crippen LogP contribution >= 0.6 is 0 Å². The largest absolute Gasteiger partial charge is 0.351 e. The van der Waals surface area contributed by atoms with E-state index < -0.39 is 0 Å². The Morgan fingerprint density at radius 1 is 1.24 bits per heavy atom. The van der Waals surface area contributed by atoms with E-state index in [0.717, 1.165) is 11.4 Å². The van der Waals surface area contributed by atoms with Crippen LogP contribution in [0.25, 0.3) is 11.4 Å². The van der Waals surface area contributed by atoms with Crippen LogP contribution in [0.2, 0.25) is 0 Å². The molecule has 2 heterocycles. The lowest BCUT2D eigenvalue weighted by Gasteiger charge is -2.00. The summed E-state index contributed by atoms with van der Waals surface area (Å²) in [6.45, 7) is 0.480. The highest BCUT2D eigenvalue weighted by Gasteiger charge is 2.08. The molecule has 3 aromatic rings. The zero-order valence-corrected chi connectivity index (χ0v) is 11.2. The second kappa shape index (κ2) is 6.00. The summed E-state index contributed by atoms with van der Waals surface area (Å²) in [6.07, 6.45) is 3.62. The Labute approximate surface area is 120 Å². The standard InChI is InChI=1S/C14H14N6O/c21-14(11-8-16-17-9-11)15-7-6-12-18-13(20-19-12)10-4-2-1-3-5-10/h1-5,8-9H,6-7H2,(H,15,21)(H,16,17)(H,18,19,20). The summed E-state index contributed by atoms with van der Waals surface area (Å²) in [6, 6.07) is 9.73. The zero-order chi connectivity index (χ0) is 14.5. The quantitative estimate of drug-likeness (QED) is 0.654. The molecular formula is C14H14N6O. The summed E-state index contributed by atoms with van der Waals surface area (Å²) >= 11 is 0. The Hall–Kier alpha value is -2.96.